The van der Waals surface area contributed by atoms with Crippen molar-refractivity contribution in [3.8, 4) is 0 Å². The highest BCUT2D eigenvalue weighted by atomic mass is 16.2. The molecule has 102 valence electrons. The Hall–Kier alpha value is -1.99. The van der Waals surface area contributed by atoms with Gasteiger partial charge in [-0.3, -0.25) is 4.57 Å². The van der Waals surface area contributed by atoms with Gasteiger partial charge in [0.1, 0.15) is 6.33 Å². The molecule has 0 N–H and O–H groups in total. The molecule has 1 fully saturated rings. The third kappa shape index (κ3) is 2.18. The Balaban J connectivity index is 1.90. The van der Waals surface area contributed by atoms with E-state index in [1.54, 1.807) is 11.0 Å². The Morgan fingerprint density at radius 1 is 1.37 bits per heavy atom. The highest BCUT2D eigenvalue weighted by molar-refractivity contribution is 4.92. The molecule has 2 aromatic heterocycles. The van der Waals surface area contributed by atoms with E-state index in [0.29, 0.717) is 18.4 Å². The molecule has 2 heterocycles. The quantitative estimate of drug-likeness (QED) is 0.788. The van der Waals surface area contributed by atoms with Crippen molar-refractivity contribution < 1.29 is 0 Å². The third-order valence-electron chi connectivity index (χ3n) is 3.13. The average molecular weight is 263 g/mol. The molecule has 1 aliphatic rings. The largest absolute Gasteiger partial charge is 0.346 e. The van der Waals surface area contributed by atoms with E-state index in [-0.39, 0.29) is 11.2 Å². The molecule has 3 rings (SSSR count). The van der Waals surface area contributed by atoms with Crippen LogP contribution in [0.3, 0.4) is 0 Å². The molecular formula is C11H17N7O. The van der Waals surface area contributed by atoms with Gasteiger partial charge in [0, 0.05) is 0 Å². The van der Waals surface area contributed by atoms with Crippen LogP contribution < -0.4 is 5.69 Å². The van der Waals surface area contributed by atoms with Crippen LogP contribution in [-0.2, 0) is 12.1 Å². The summed E-state index contributed by atoms with van der Waals surface area (Å²) in [4.78, 5) is 12.2. The van der Waals surface area contributed by atoms with Gasteiger partial charge in [0.05, 0.1) is 18.1 Å². The van der Waals surface area contributed by atoms with E-state index in [9.17, 15) is 4.79 Å². The monoisotopic (exact) mass is 263 g/mol. The summed E-state index contributed by atoms with van der Waals surface area (Å²) in [7, 11) is 0. The second-order valence-corrected chi connectivity index (χ2v) is 5.89. The molecular weight excluding hydrogens is 246 g/mol. The lowest BCUT2D eigenvalue weighted by atomic mass is 10.1. The molecule has 8 nitrogen and oxygen atoms in total. The van der Waals surface area contributed by atoms with E-state index in [1.807, 2.05) is 20.8 Å². The van der Waals surface area contributed by atoms with Gasteiger partial charge in [-0.15, -0.1) is 5.10 Å². The number of tetrazole rings is 1. The second-order valence-electron chi connectivity index (χ2n) is 5.89. The van der Waals surface area contributed by atoms with Crippen LogP contribution in [0.4, 0.5) is 0 Å². The summed E-state index contributed by atoms with van der Waals surface area (Å²) >= 11 is 0. The molecule has 0 aromatic carbocycles. The average Bonchev–Trinajstić information content (AvgIpc) is 2.95. The van der Waals surface area contributed by atoms with E-state index in [0.717, 1.165) is 12.8 Å². The van der Waals surface area contributed by atoms with Crippen molar-refractivity contribution in [1.82, 2.24) is 34.6 Å². The maximum Gasteiger partial charge on any atom is 0.346 e. The zero-order chi connectivity index (χ0) is 13.6. The zero-order valence-corrected chi connectivity index (χ0v) is 11.3. The molecule has 0 saturated heterocycles. The van der Waals surface area contributed by atoms with Gasteiger partial charge in [-0.2, -0.15) is 5.10 Å². The summed E-state index contributed by atoms with van der Waals surface area (Å²) in [6, 6.07) is 0.401. The fourth-order valence-electron chi connectivity index (χ4n) is 1.97. The number of aromatic nitrogens is 7. The zero-order valence-electron chi connectivity index (χ0n) is 11.3. The molecule has 0 radical (unpaired) electrons. The lowest BCUT2D eigenvalue weighted by Gasteiger charge is -2.16. The van der Waals surface area contributed by atoms with Gasteiger partial charge in [0.25, 0.3) is 0 Å². The van der Waals surface area contributed by atoms with Gasteiger partial charge in [-0.05, 0) is 44.0 Å². The molecule has 0 atom stereocenters. The van der Waals surface area contributed by atoms with Crippen LogP contribution in [0.5, 0.6) is 0 Å². The Labute approximate surface area is 110 Å². The molecule has 0 spiro atoms. The van der Waals surface area contributed by atoms with Crippen LogP contribution in [0.15, 0.2) is 11.1 Å². The standard InChI is InChI=1S/C11H17N7O/c1-11(2,3)18-10(19)16(7-12-18)6-9-13-14-15-17(9)8-4-5-8/h7-8H,4-6H2,1-3H3. The van der Waals surface area contributed by atoms with Crippen molar-refractivity contribution in [1.29, 1.82) is 0 Å². The topological polar surface area (TPSA) is 83.4 Å². The van der Waals surface area contributed by atoms with Crippen LogP contribution in [-0.4, -0.2) is 34.6 Å². The summed E-state index contributed by atoms with van der Waals surface area (Å²) in [5.74, 6) is 0.707. The highest BCUT2D eigenvalue weighted by Crippen LogP contribution is 2.34. The van der Waals surface area contributed by atoms with Crippen LogP contribution in [0.25, 0.3) is 0 Å². The molecule has 1 aliphatic carbocycles. The Kier molecular flexibility index (Phi) is 2.54. The van der Waals surface area contributed by atoms with E-state index >= 15 is 0 Å². The summed E-state index contributed by atoms with van der Waals surface area (Å²) in [6.07, 6.45) is 3.75. The summed E-state index contributed by atoms with van der Waals surface area (Å²) in [5, 5.41) is 15.8. The van der Waals surface area contributed by atoms with E-state index < -0.39 is 0 Å². The highest BCUT2D eigenvalue weighted by Gasteiger charge is 2.28. The second kappa shape index (κ2) is 4.01. The first-order chi connectivity index (χ1) is 8.97. The lowest BCUT2D eigenvalue weighted by Crippen LogP contribution is -2.36. The molecule has 0 bridgehead atoms. The van der Waals surface area contributed by atoms with Crippen LogP contribution >= 0.6 is 0 Å². The smallest absolute Gasteiger partial charge is 0.274 e. The predicted molar refractivity (Wildman–Crippen MR) is 66.7 cm³/mol. The SMILES string of the molecule is CC(C)(C)n1ncn(Cc2nnnn2C2CC2)c1=O. The van der Waals surface area contributed by atoms with Crippen molar-refractivity contribution >= 4 is 0 Å². The molecule has 0 unspecified atom stereocenters. The first-order valence-corrected chi connectivity index (χ1v) is 6.38. The number of hydrogen-bond donors (Lipinski definition) is 0. The number of hydrogen-bond acceptors (Lipinski definition) is 5. The van der Waals surface area contributed by atoms with E-state index in [1.165, 1.54) is 9.25 Å². The minimum Gasteiger partial charge on any atom is -0.274 e. The van der Waals surface area contributed by atoms with Crippen molar-refractivity contribution in [3.63, 3.8) is 0 Å². The number of nitrogens with zero attached hydrogens (tertiary/aromatic N) is 7. The Morgan fingerprint density at radius 3 is 2.68 bits per heavy atom. The van der Waals surface area contributed by atoms with Gasteiger partial charge >= 0.3 is 5.69 Å². The predicted octanol–water partition coefficient (Wildman–Crippen LogP) is 0.169. The first-order valence-electron chi connectivity index (χ1n) is 6.38. The third-order valence-corrected chi connectivity index (χ3v) is 3.13. The Bertz CT molecular complexity index is 641. The fraction of sp³-hybridized carbons (Fsp3) is 0.727. The van der Waals surface area contributed by atoms with E-state index in [4.69, 9.17) is 0 Å². The van der Waals surface area contributed by atoms with Crippen molar-refractivity contribution in [2.45, 2.75) is 51.7 Å². The van der Waals surface area contributed by atoms with Gasteiger partial charge in [-0.1, -0.05) is 0 Å². The summed E-state index contributed by atoms with van der Waals surface area (Å²) < 4.78 is 4.81. The lowest BCUT2D eigenvalue weighted by molar-refractivity contribution is 0.340. The minimum absolute atomic E-state index is 0.141. The molecule has 19 heavy (non-hydrogen) atoms. The minimum atomic E-state index is -0.329. The summed E-state index contributed by atoms with van der Waals surface area (Å²) in [6.45, 7) is 6.19. The maximum absolute atomic E-state index is 12.2. The van der Waals surface area contributed by atoms with Gasteiger partial charge in [-0.25, -0.2) is 14.2 Å². The molecule has 1 saturated carbocycles. The van der Waals surface area contributed by atoms with Crippen molar-refractivity contribution in [2.75, 3.05) is 0 Å². The molecule has 2 aromatic rings. The van der Waals surface area contributed by atoms with Crippen molar-refractivity contribution in [3.05, 3.63) is 22.6 Å². The van der Waals surface area contributed by atoms with Crippen LogP contribution in [0.2, 0.25) is 0 Å². The first kappa shape index (κ1) is 12.1. The van der Waals surface area contributed by atoms with Crippen LogP contribution in [0.1, 0.15) is 45.5 Å². The molecule has 8 heteroatoms. The van der Waals surface area contributed by atoms with Crippen molar-refractivity contribution in [2.24, 2.45) is 0 Å². The van der Waals surface area contributed by atoms with E-state index in [2.05, 4.69) is 20.6 Å². The van der Waals surface area contributed by atoms with Gasteiger partial charge in [0.2, 0.25) is 0 Å². The normalized spacial score (nSPS) is 15.9. The Morgan fingerprint density at radius 2 is 2.11 bits per heavy atom. The molecule has 0 aliphatic heterocycles. The number of rotatable bonds is 3. The van der Waals surface area contributed by atoms with Crippen LogP contribution in [0, 0.1) is 0 Å². The molecule has 0 amide bonds. The fourth-order valence-corrected chi connectivity index (χ4v) is 1.97. The van der Waals surface area contributed by atoms with Gasteiger partial charge < -0.3 is 0 Å². The van der Waals surface area contributed by atoms with Gasteiger partial charge in [0.15, 0.2) is 5.82 Å². The maximum atomic E-state index is 12.2. The summed E-state index contributed by atoms with van der Waals surface area (Å²) in [5.41, 5.74) is -0.470.